The number of pyridine rings is 1. The van der Waals surface area contributed by atoms with Crippen molar-refractivity contribution in [1.29, 1.82) is 10.5 Å². The quantitative estimate of drug-likeness (QED) is 0.819. The molecule has 0 aliphatic heterocycles. The molecule has 22 heavy (non-hydrogen) atoms. The van der Waals surface area contributed by atoms with Gasteiger partial charge in [0.05, 0.1) is 29.1 Å². The standard InChI is InChI=1S/C17H13N3OS/c18-9-13-4-6-14(7-5-13)11-22-12-17(21)15(10-19)16-3-1-2-8-20-16/h1-8,15H,11-12H2/t15-/m1/s1. The Morgan fingerprint density at radius 3 is 2.55 bits per heavy atom. The van der Waals surface area contributed by atoms with Gasteiger partial charge in [0.2, 0.25) is 0 Å². The summed E-state index contributed by atoms with van der Waals surface area (Å²) in [5, 5.41) is 17.9. The zero-order chi connectivity index (χ0) is 15.8. The van der Waals surface area contributed by atoms with Crippen LogP contribution in [0.5, 0.6) is 0 Å². The van der Waals surface area contributed by atoms with E-state index in [4.69, 9.17) is 5.26 Å². The average Bonchev–Trinajstić information content (AvgIpc) is 2.57. The highest BCUT2D eigenvalue weighted by Crippen LogP contribution is 2.19. The second kappa shape index (κ2) is 7.97. The molecular formula is C17H13N3OS. The number of rotatable bonds is 6. The molecule has 4 nitrogen and oxygen atoms in total. The van der Waals surface area contributed by atoms with Gasteiger partial charge >= 0.3 is 0 Å². The summed E-state index contributed by atoms with van der Waals surface area (Å²) in [6.45, 7) is 0. The monoisotopic (exact) mass is 307 g/mol. The number of hydrogen-bond donors (Lipinski definition) is 0. The van der Waals surface area contributed by atoms with Gasteiger partial charge in [0, 0.05) is 11.9 Å². The van der Waals surface area contributed by atoms with E-state index in [0.29, 0.717) is 17.0 Å². The van der Waals surface area contributed by atoms with Gasteiger partial charge in [-0.05, 0) is 29.8 Å². The van der Waals surface area contributed by atoms with Crippen molar-refractivity contribution < 1.29 is 4.79 Å². The van der Waals surface area contributed by atoms with Crippen molar-refractivity contribution in [2.75, 3.05) is 5.75 Å². The number of nitriles is 2. The van der Waals surface area contributed by atoms with Crippen LogP contribution in [0.1, 0.15) is 22.7 Å². The normalized spacial score (nSPS) is 11.2. The number of nitrogens with zero attached hydrogens (tertiary/aromatic N) is 3. The first-order valence-corrected chi connectivity index (χ1v) is 7.80. The van der Waals surface area contributed by atoms with Crippen LogP contribution in [0.25, 0.3) is 0 Å². The van der Waals surface area contributed by atoms with Crippen molar-refractivity contribution in [3.63, 3.8) is 0 Å². The van der Waals surface area contributed by atoms with Gasteiger partial charge < -0.3 is 0 Å². The molecule has 5 heteroatoms. The van der Waals surface area contributed by atoms with Gasteiger partial charge in [-0.25, -0.2) is 0 Å². The van der Waals surface area contributed by atoms with E-state index in [1.807, 2.05) is 18.2 Å². The maximum atomic E-state index is 12.1. The lowest BCUT2D eigenvalue weighted by Crippen LogP contribution is -2.14. The van der Waals surface area contributed by atoms with Gasteiger partial charge in [0.1, 0.15) is 5.92 Å². The average molecular weight is 307 g/mol. The molecule has 0 radical (unpaired) electrons. The molecule has 0 spiro atoms. The third kappa shape index (κ3) is 4.18. The van der Waals surface area contributed by atoms with Crippen LogP contribution < -0.4 is 0 Å². The smallest absolute Gasteiger partial charge is 0.165 e. The molecule has 2 rings (SSSR count). The predicted molar refractivity (Wildman–Crippen MR) is 84.9 cm³/mol. The van der Waals surface area contributed by atoms with Crippen molar-refractivity contribution in [3.8, 4) is 12.1 Å². The minimum absolute atomic E-state index is 0.139. The van der Waals surface area contributed by atoms with E-state index in [9.17, 15) is 10.1 Å². The Labute approximate surface area is 133 Å². The molecule has 0 aliphatic carbocycles. The molecule has 0 saturated carbocycles. The third-order valence-electron chi connectivity index (χ3n) is 3.03. The summed E-state index contributed by atoms with van der Waals surface area (Å²) in [4.78, 5) is 16.2. The molecular weight excluding hydrogens is 294 g/mol. The molecule has 0 fully saturated rings. The van der Waals surface area contributed by atoms with Gasteiger partial charge in [-0.3, -0.25) is 9.78 Å². The Balaban J connectivity index is 1.89. The fraction of sp³-hybridized carbons (Fsp3) is 0.176. The Morgan fingerprint density at radius 2 is 1.95 bits per heavy atom. The van der Waals surface area contributed by atoms with Crippen molar-refractivity contribution in [3.05, 3.63) is 65.5 Å². The maximum Gasteiger partial charge on any atom is 0.165 e. The van der Waals surface area contributed by atoms with Crippen LogP contribution in [0.15, 0.2) is 48.7 Å². The number of Topliss-reactive ketones (excluding diaryl/α,β-unsaturated/α-hetero) is 1. The van der Waals surface area contributed by atoms with E-state index >= 15 is 0 Å². The molecule has 0 bridgehead atoms. The third-order valence-corrected chi connectivity index (χ3v) is 4.06. The van der Waals surface area contributed by atoms with Crippen LogP contribution in [0.4, 0.5) is 0 Å². The summed E-state index contributed by atoms with van der Waals surface area (Å²) in [7, 11) is 0. The van der Waals surface area contributed by atoms with E-state index in [0.717, 1.165) is 5.56 Å². The van der Waals surface area contributed by atoms with E-state index in [2.05, 4.69) is 11.1 Å². The summed E-state index contributed by atoms with van der Waals surface area (Å²) >= 11 is 1.45. The van der Waals surface area contributed by atoms with E-state index in [-0.39, 0.29) is 11.5 Å². The van der Waals surface area contributed by atoms with Crippen LogP contribution >= 0.6 is 11.8 Å². The lowest BCUT2D eigenvalue weighted by Gasteiger charge is -2.07. The molecule has 108 valence electrons. The number of ketones is 1. The zero-order valence-electron chi connectivity index (χ0n) is 11.8. The van der Waals surface area contributed by atoms with Crippen molar-refractivity contribution in [2.45, 2.75) is 11.7 Å². The number of carbonyl (C=O) groups is 1. The van der Waals surface area contributed by atoms with Crippen molar-refractivity contribution >= 4 is 17.5 Å². The molecule has 2 aromatic rings. The molecule has 1 aromatic heterocycles. The number of carbonyl (C=O) groups excluding carboxylic acids is 1. The van der Waals surface area contributed by atoms with E-state index < -0.39 is 5.92 Å². The SMILES string of the molecule is N#Cc1ccc(CSCC(=O)[C@H](C#N)c2ccccn2)cc1. The molecule has 0 aliphatic rings. The first-order valence-electron chi connectivity index (χ1n) is 6.64. The van der Waals surface area contributed by atoms with Gasteiger partial charge in [0.25, 0.3) is 0 Å². The Hall–Kier alpha value is -2.63. The summed E-state index contributed by atoms with van der Waals surface area (Å²) in [5.74, 6) is -0.0263. The highest BCUT2D eigenvalue weighted by molar-refractivity contribution is 7.99. The molecule has 1 heterocycles. The highest BCUT2D eigenvalue weighted by atomic mass is 32.2. The number of benzene rings is 1. The second-order valence-electron chi connectivity index (χ2n) is 4.58. The highest BCUT2D eigenvalue weighted by Gasteiger charge is 2.20. The van der Waals surface area contributed by atoms with Crippen LogP contribution in [-0.2, 0) is 10.5 Å². The summed E-state index contributed by atoms with van der Waals surface area (Å²) in [6.07, 6.45) is 1.58. The fourth-order valence-corrected chi connectivity index (χ4v) is 2.78. The Bertz CT molecular complexity index is 714. The molecule has 1 aromatic carbocycles. The molecule has 1 atom stereocenters. The summed E-state index contributed by atoms with van der Waals surface area (Å²) in [5.41, 5.74) is 2.15. The zero-order valence-corrected chi connectivity index (χ0v) is 12.6. The largest absolute Gasteiger partial charge is 0.297 e. The minimum atomic E-state index is -0.810. The molecule has 0 amide bonds. The lowest BCUT2D eigenvalue weighted by molar-refractivity contribution is -0.116. The number of thioether (sulfide) groups is 1. The number of aromatic nitrogens is 1. The Morgan fingerprint density at radius 1 is 1.18 bits per heavy atom. The van der Waals surface area contributed by atoms with Crippen molar-refractivity contribution in [1.82, 2.24) is 4.98 Å². The van der Waals surface area contributed by atoms with Gasteiger partial charge in [-0.15, -0.1) is 11.8 Å². The first-order chi connectivity index (χ1) is 10.7. The summed E-state index contributed by atoms with van der Waals surface area (Å²) < 4.78 is 0. The molecule has 0 unspecified atom stereocenters. The second-order valence-corrected chi connectivity index (χ2v) is 5.57. The molecule has 0 N–H and O–H groups in total. The van der Waals surface area contributed by atoms with Gasteiger partial charge in [0.15, 0.2) is 5.78 Å². The van der Waals surface area contributed by atoms with Crippen LogP contribution in [0, 0.1) is 22.7 Å². The fourth-order valence-electron chi connectivity index (χ4n) is 1.88. The maximum absolute atomic E-state index is 12.1. The van der Waals surface area contributed by atoms with Crippen LogP contribution in [0.3, 0.4) is 0 Å². The summed E-state index contributed by atoms with van der Waals surface area (Å²) in [6, 6.07) is 16.5. The molecule has 0 saturated heterocycles. The van der Waals surface area contributed by atoms with Crippen LogP contribution in [0.2, 0.25) is 0 Å². The minimum Gasteiger partial charge on any atom is -0.297 e. The van der Waals surface area contributed by atoms with E-state index in [1.165, 1.54) is 11.8 Å². The Kier molecular flexibility index (Phi) is 5.71. The van der Waals surface area contributed by atoms with E-state index in [1.54, 1.807) is 36.5 Å². The van der Waals surface area contributed by atoms with Crippen LogP contribution in [-0.4, -0.2) is 16.5 Å². The van der Waals surface area contributed by atoms with Gasteiger partial charge in [-0.2, -0.15) is 10.5 Å². The number of hydrogen-bond acceptors (Lipinski definition) is 5. The van der Waals surface area contributed by atoms with Crippen molar-refractivity contribution in [2.24, 2.45) is 0 Å². The predicted octanol–water partition coefficient (Wildman–Crippen LogP) is 3.06. The lowest BCUT2D eigenvalue weighted by atomic mass is 10.0. The topological polar surface area (TPSA) is 77.5 Å². The van der Waals surface area contributed by atoms with Gasteiger partial charge in [-0.1, -0.05) is 18.2 Å². The first kappa shape index (κ1) is 15.8.